The Morgan fingerprint density at radius 2 is 1.67 bits per heavy atom. The quantitative estimate of drug-likeness (QED) is 0.259. The van der Waals surface area contributed by atoms with Crippen molar-refractivity contribution in [2.75, 3.05) is 37.8 Å². The number of anilines is 1. The maximum Gasteiger partial charge on any atom is 0.266 e. The van der Waals surface area contributed by atoms with Crippen LogP contribution in [0.1, 0.15) is 35.4 Å². The number of ether oxygens (including phenoxy) is 1. The van der Waals surface area contributed by atoms with E-state index in [0.29, 0.717) is 31.9 Å². The van der Waals surface area contributed by atoms with E-state index >= 15 is 0 Å². The average molecular weight is 512 g/mol. The molecule has 36 heavy (non-hydrogen) atoms. The lowest BCUT2D eigenvalue weighted by atomic mass is 10.0. The molecule has 4 N–H and O–H groups in total. The number of hydrogen-bond acceptors (Lipinski definition) is 7. The summed E-state index contributed by atoms with van der Waals surface area (Å²) in [5, 5.41) is 16.6. The van der Waals surface area contributed by atoms with Crippen molar-refractivity contribution in [3.05, 3.63) is 83.9 Å². The van der Waals surface area contributed by atoms with Crippen molar-refractivity contribution in [3.8, 4) is 16.9 Å². The van der Waals surface area contributed by atoms with Crippen molar-refractivity contribution in [2.45, 2.75) is 19.4 Å². The molecule has 3 aromatic rings. The Kier molecular flexibility index (Phi) is 9.86. The molecule has 1 amide bonds. The summed E-state index contributed by atoms with van der Waals surface area (Å²) in [5.74, 6) is 0.0499. The van der Waals surface area contributed by atoms with Gasteiger partial charge < -0.3 is 20.5 Å². The third kappa shape index (κ3) is 8.37. The van der Waals surface area contributed by atoms with E-state index in [0.717, 1.165) is 35.1 Å². The first-order valence-electron chi connectivity index (χ1n) is 11.8. The fraction of sp³-hybridized carbons (Fsp3) is 0.296. The van der Waals surface area contributed by atoms with Crippen molar-refractivity contribution in [1.29, 1.82) is 0 Å². The summed E-state index contributed by atoms with van der Waals surface area (Å²) in [7, 11) is -3.66. The molecule has 0 bridgehead atoms. The summed E-state index contributed by atoms with van der Waals surface area (Å²) >= 11 is 0. The van der Waals surface area contributed by atoms with Crippen LogP contribution in [0.2, 0.25) is 0 Å². The molecule has 8 nitrogen and oxygen atoms in total. The topological polar surface area (TPSA) is 117 Å². The normalized spacial score (nSPS) is 12.1. The van der Waals surface area contributed by atoms with Crippen LogP contribution < -0.4 is 20.1 Å². The number of amides is 1. The smallest absolute Gasteiger partial charge is 0.266 e. The molecule has 3 rings (SSSR count). The van der Waals surface area contributed by atoms with Gasteiger partial charge in [-0.15, -0.1) is 0 Å². The Hall–Kier alpha value is -3.40. The lowest BCUT2D eigenvalue weighted by Gasteiger charge is -2.14. The molecule has 1 atom stereocenters. The van der Waals surface area contributed by atoms with E-state index in [1.165, 1.54) is 0 Å². The lowest BCUT2D eigenvalue weighted by Crippen LogP contribution is -2.30. The summed E-state index contributed by atoms with van der Waals surface area (Å²) in [4.78, 5) is 12.4. The highest BCUT2D eigenvalue weighted by Crippen LogP contribution is 2.27. The first-order chi connectivity index (χ1) is 17.3. The largest absolute Gasteiger partial charge is 0.492 e. The van der Waals surface area contributed by atoms with Crippen LogP contribution in [0.15, 0.2) is 72.8 Å². The molecule has 0 fully saturated rings. The molecule has 0 aliphatic heterocycles. The lowest BCUT2D eigenvalue weighted by molar-refractivity contribution is 0.0982. The molecule has 192 valence electrons. The molecule has 0 spiro atoms. The van der Waals surface area contributed by atoms with Crippen LogP contribution in [0.25, 0.3) is 11.1 Å². The zero-order valence-corrected chi connectivity index (χ0v) is 21.3. The van der Waals surface area contributed by atoms with Crippen molar-refractivity contribution in [3.63, 3.8) is 0 Å². The van der Waals surface area contributed by atoms with Gasteiger partial charge in [0, 0.05) is 25.3 Å². The monoisotopic (exact) mass is 511 g/mol. The second-order valence-corrected chi connectivity index (χ2v) is 10.1. The number of carbonyl (C=O) groups is 1. The van der Waals surface area contributed by atoms with Crippen LogP contribution in [0.4, 0.5) is 5.69 Å². The van der Waals surface area contributed by atoms with E-state index in [1.807, 2.05) is 72.3 Å². The SMILES string of the molecule is CCCNc1cc(-c2ccc(OCCNC[C@H](O)c3ccccc3)cc2)ccc1C(=O)NS(C)(=O)=O. The Labute approximate surface area is 212 Å². The number of nitrogens with one attached hydrogen (secondary N) is 3. The Morgan fingerprint density at radius 1 is 0.972 bits per heavy atom. The Balaban J connectivity index is 1.57. The molecule has 0 radical (unpaired) electrons. The van der Waals surface area contributed by atoms with Gasteiger partial charge >= 0.3 is 0 Å². The standard InChI is InChI=1S/C27H33N3O5S/c1-3-15-29-25-18-22(11-14-24(25)27(32)30-36(2,33)34)20-9-12-23(13-10-20)35-17-16-28-19-26(31)21-7-5-4-6-8-21/h4-14,18,26,28-29,31H,3,15-17,19H2,1-2H3,(H,30,32)/t26-/m0/s1. The van der Waals surface area contributed by atoms with E-state index in [2.05, 4.69) is 10.6 Å². The highest BCUT2D eigenvalue weighted by atomic mass is 32.2. The van der Waals surface area contributed by atoms with Crippen LogP contribution in [0.5, 0.6) is 5.75 Å². The Morgan fingerprint density at radius 3 is 2.33 bits per heavy atom. The van der Waals surface area contributed by atoms with Gasteiger partial charge in [0.2, 0.25) is 10.0 Å². The van der Waals surface area contributed by atoms with Gasteiger partial charge in [-0.25, -0.2) is 13.1 Å². The third-order valence-electron chi connectivity index (χ3n) is 5.36. The number of sulfonamides is 1. The van der Waals surface area contributed by atoms with E-state index in [9.17, 15) is 18.3 Å². The van der Waals surface area contributed by atoms with Gasteiger partial charge in [-0.2, -0.15) is 0 Å². The second kappa shape index (κ2) is 13.1. The number of hydrogen-bond donors (Lipinski definition) is 4. The molecule has 0 saturated heterocycles. The van der Waals surface area contributed by atoms with Gasteiger partial charge in [0.05, 0.1) is 17.9 Å². The van der Waals surface area contributed by atoms with E-state index in [-0.39, 0.29) is 5.56 Å². The van der Waals surface area contributed by atoms with Crippen molar-refractivity contribution >= 4 is 21.6 Å². The first-order valence-corrected chi connectivity index (χ1v) is 13.7. The minimum Gasteiger partial charge on any atom is -0.492 e. The predicted molar refractivity (Wildman–Crippen MR) is 143 cm³/mol. The second-order valence-electron chi connectivity index (χ2n) is 8.39. The van der Waals surface area contributed by atoms with E-state index in [1.54, 1.807) is 12.1 Å². The van der Waals surface area contributed by atoms with Gasteiger partial charge in [0.25, 0.3) is 5.91 Å². The zero-order valence-electron chi connectivity index (χ0n) is 20.5. The van der Waals surface area contributed by atoms with Gasteiger partial charge in [0.1, 0.15) is 12.4 Å². The third-order valence-corrected chi connectivity index (χ3v) is 5.92. The maximum atomic E-state index is 12.4. The van der Waals surface area contributed by atoms with Crippen LogP contribution in [-0.4, -0.2) is 51.9 Å². The summed E-state index contributed by atoms with van der Waals surface area (Å²) in [6.45, 7) is 4.14. The summed E-state index contributed by atoms with van der Waals surface area (Å²) < 4.78 is 30.8. The molecular weight excluding hydrogens is 478 g/mol. The first kappa shape index (κ1) is 27.2. The number of rotatable bonds is 13. The van der Waals surface area contributed by atoms with Crippen LogP contribution >= 0.6 is 0 Å². The van der Waals surface area contributed by atoms with Crippen molar-refractivity contribution in [1.82, 2.24) is 10.0 Å². The molecule has 0 unspecified atom stereocenters. The maximum absolute atomic E-state index is 12.4. The molecule has 0 heterocycles. The van der Waals surface area contributed by atoms with Crippen LogP contribution in [0.3, 0.4) is 0 Å². The van der Waals surface area contributed by atoms with Crippen molar-refractivity contribution in [2.24, 2.45) is 0 Å². The van der Waals surface area contributed by atoms with Gasteiger partial charge in [-0.3, -0.25) is 4.79 Å². The van der Waals surface area contributed by atoms with Gasteiger partial charge in [-0.05, 0) is 47.4 Å². The van der Waals surface area contributed by atoms with Crippen molar-refractivity contribution < 1.29 is 23.1 Å². The molecule has 0 aromatic heterocycles. The van der Waals surface area contributed by atoms with Crippen LogP contribution in [0, 0.1) is 0 Å². The summed E-state index contributed by atoms with van der Waals surface area (Å²) in [6, 6.07) is 22.3. The fourth-order valence-corrected chi connectivity index (χ4v) is 4.01. The molecular formula is C27H33N3O5S. The number of carbonyl (C=O) groups excluding carboxylic acids is 1. The highest BCUT2D eigenvalue weighted by molar-refractivity contribution is 7.89. The number of aliphatic hydroxyl groups is 1. The average Bonchev–Trinajstić information content (AvgIpc) is 2.87. The number of aliphatic hydroxyl groups excluding tert-OH is 1. The molecule has 0 saturated carbocycles. The number of benzene rings is 3. The molecule has 0 aliphatic carbocycles. The van der Waals surface area contributed by atoms with E-state index < -0.39 is 22.0 Å². The molecule has 9 heteroatoms. The summed E-state index contributed by atoms with van der Waals surface area (Å²) in [5.41, 5.74) is 3.52. The zero-order chi connectivity index (χ0) is 26.0. The van der Waals surface area contributed by atoms with Crippen LogP contribution in [-0.2, 0) is 10.0 Å². The van der Waals surface area contributed by atoms with Gasteiger partial charge in [0.15, 0.2) is 0 Å². The fourth-order valence-electron chi connectivity index (χ4n) is 3.57. The minimum atomic E-state index is -3.66. The molecule has 0 aliphatic rings. The highest BCUT2D eigenvalue weighted by Gasteiger charge is 2.16. The summed E-state index contributed by atoms with van der Waals surface area (Å²) in [6.07, 6.45) is 1.24. The van der Waals surface area contributed by atoms with Gasteiger partial charge in [-0.1, -0.05) is 55.5 Å². The predicted octanol–water partition coefficient (Wildman–Crippen LogP) is 3.57. The van der Waals surface area contributed by atoms with E-state index in [4.69, 9.17) is 4.74 Å². The minimum absolute atomic E-state index is 0.266. The Bertz CT molecular complexity index is 1230. The molecule has 3 aromatic carbocycles.